The molecule has 5 rings (SSSR count). The molecule has 0 saturated carbocycles. The fraction of sp³-hybridized carbons (Fsp3) is 0.115. The summed E-state index contributed by atoms with van der Waals surface area (Å²) in [6.07, 6.45) is 0.549. The Morgan fingerprint density at radius 2 is 1.89 bits per heavy atom. The Morgan fingerprint density at radius 3 is 2.69 bits per heavy atom. The molecule has 36 heavy (non-hydrogen) atoms. The van der Waals surface area contributed by atoms with Crippen molar-refractivity contribution in [1.82, 2.24) is 25.5 Å². The molecule has 0 aliphatic heterocycles. The number of nitrogens with one attached hydrogen (secondary N) is 3. The van der Waals surface area contributed by atoms with E-state index in [-0.39, 0.29) is 11.7 Å². The molecule has 182 valence electrons. The first-order chi connectivity index (χ1) is 17.5. The molecule has 5 aromatic rings. The molecule has 1 amide bonds. The van der Waals surface area contributed by atoms with Crippen LogP contribution in [-0.2, 0) is 11.2 Å². The van der Waals surface area contributed by atoms with Gasteiger partial charge in [-0.05, 0) is 42.3 Å². The van der Waals surface area contributed by atoms with Crippen LogP contribution in [0.3, 0.4) is 0 Å². The summed E-state index contributed by atoms with van der Waals surface area (Å²) in [5.74, 6) is 1.13. The number of hydrogen-bond donors (Lipinski definition) is 4. The van der Waals surface area contributed by atoms with Gasteiger partial charge >= 0.3 is 0 Å². The molecule has 3 aromatic carbocycles. The lowest BCUT2D eigenvalue weighted by Crippen LogP contribution is -2.32. The predicted octanol–water partition coefficient (Wildman–Crippen LogP) is 6.03. The molecular weight excluding hydrogens is 515 g/mol. The molecule has 10 heteroatoms. The van der Waals surface area contributed by atoms with Gasteiger partial charge in [0.25, 0.3) is 0 Å². The normalized spacial score (nSPS) is 12.1. The van der Waals surface area contributed by atoms with E-state index in [0.29, 0.717) is 33.9 Å². The fourth-order valence-corrected chi connectivity index (χ4v) is 5.19. The molecule has 1 atom stereocenters. The number of carbonyl (C=O) groups is 1. The summed E-state index contributed by atoms with van der Waals surface area (Å²) in [6, 6.07) is 22.6. The van der Waals surface area contributed by atoms with Crippen LogP contribution in [0.4, 0.5) is 5.82 Å². The smallest absolute Gasteiger partial charge is 0.230 e. The Labute approximate surface area is 221 Å². The summed E-state index contributed by atoms with van der Waals surface area (Å²) in [7, 11) is 0. The Hall–Kier alpha value is -3.46. The second kappa shape index (κ2) is 10.7. The fourth-order valence-electron chi connectivity index (χ4n) is 3.92. The molecule has 7 nitrogen and oxygen atoms in total. The number of benzene rings is 3. The maximum atomic E-state index is 12.9. The van der Waals surface area contributed by atoms with Crippen LogP contribution in [-0.4, -0.2) is 31.8 Å². The summed E-state index contributed by atoms with van der Waals surface area (Å²) >= 11 is 14.1. The highest BCUT2D eigenvalue weighted by Crippen LogP contribution is 2.31. The van der Waals surface area contributed by atoms with Gasteiger partial charge in [0, 0.05) is 20.9 Å². The number of carbonyl (C=O) groups excluding carboxylic acids is 1. The number of nitrogens with zero attached hydrogens (tertiary/aromatic N) is 2. The summed E-state index contributed by atoms with van der Waals surface area (Å²) in [5.41, 5.74) is 9.13. The van der Waals surface area contributed by atoms with E-state index >= 15 is 0 Å². The number of aromatic nitrogens is 4. The average Bonchev–Trinajstić information content (AvgIpc) is 3.45. The third-order valence-electron chi connectivity index (χ3n) is 5.66. The van der Waals surface area contributed by atoms with E-state index in [1.54, 1.807) is 6.07 Å². The zero-order chi connectivity index (χ0) is 25.1. The number of imidazole rings is 1. The third kappa shape index (κ3) is 5.51. The molecule has 0 spiro atoms. The zero-order valence-corrected chi connectivity index (χ0v) is 21.3. The highest BCUT2D eigenvalue weighted by molar-refractivity contribution is 8.00. The van der Waals surface area contributed by atoms with Crippen LogP contribution in [0.1, 0.15) is 17.4 Å². The summed E-state index contributed by atoms with van der Waals surface area (Å²) < 4.78 is 0. The van der Waals surface area contributed by atoms with E-state index in [4.69, 9.17) is 33.9 Å². The first-order valence-electron chi connectivity index (χ1n) is 11.2. The lowest BCUT2D eigenvalue weighted by atomic mass is 10.1. The van der Waals surface area contributed by atoms with Crippen LogP contribution in [0.2, 0.25) is 10.2 Å². The topological polar surface area (TPSA) is 112 Å². The van der Waals surface area contributed by atoms with Crippen molar-refractivity contribution >= 4 is 57.6 Å². The summed E-state index contributed by atoms with van der Waals surface area (Å²) in [6.45, 7) is 0. The van der Waals surface area contributed by atoms with Crippen molar-refractivity contribution in [3.63, 3.8) is 0 Å². The quantitative estimate of drug-likeness (QED) is 0.181. The van der Waals surface area contributed by atoms with Crippen molar-refractivity contribution < 1.29 is 4.79 Å². The minimum absolute atomic E-state index is 0.121. The Balaban J connectivity index is 1.39. The van der Waals surface area contributed by atoms with E-state index in [2.05, 4.69) is 20.5 Å². The standard InChI is InChI=1S/C26H22Cl2N6OS/c27-17-7-4-8-18(13-17)36-14-22(35)30-21(11-15-5-2-1-3-6-15)26-31-23(24(28)32-26)16-9-10-19-20(12-16)33-34-25(19)29/h1-10,12-13,21H,11,14H2,(H,30,35)(H,31,32)(H3,29,33,34)/t21-/m0/s1. The highest BCUT2D eigenvalue weighted by Gasteiger charge is 2.22. The van der Waals surface area contributed by atoms with Crippen molar-refractivity contribution in [3.8, 4) is 11.3 Å². The van der Waals surface area contributed by atoms with Gasteiger partial charge in [-0.15, -0.1) is 11.8 Å². The number of hydrogen-bond acceptors (Lipinski definition) is 5. The SMILES string of the molecule is Nc1n[nH]c2cc(-c3nc([C@H](Cc4ccccc4)NC(=O)CSc4cccc(Cl)c4)[nH]c3Cl)ccc12. The third-order valence-corrected chi connectivity index (χ3v) is 7.16. The Morgan fingerprint density at radius 1 is 1.06 bits per heavy atom. The first-order valence-corrected chi connectivity index (χ1v) is 12.9. The van der Waals surface area contributed by atoms with Gasteiger partial charge in [-0.2, -0.15) is 5.10 Å². The average molecular weight is 537 g/mol. The minimum Gasteiger partial charge on any atom is -0.382 e. The van der Waals surface area contributed by atoms with E-state index < -0.39 is 6.04 Å². The van der Waals surface area contributed by atoms with Crippen LogP contribution in [0, 0.1) is 0 Å². The number of nitrogens with two attached hydrogens (primary N) is 1. The molecule has 0 aliphatic rings. The van der Waals surface area contributed by atoms with Gasteiger partial charge in [0.2, 0.25) is 5.91 Å². The van der Waals surface area contributed by atoms with Gasteiger partial charge < -0.3 is 16.0 Å². The van der Waals surface area contributed by atoms with Gasteiger partial charge in [0.15, 0.2) is 5.82 Å². The van der Waals surface area contributed by atoms with Gasteiger partial charge in [-0.25, -0.2) is 4.98 Å². The van der Waals surface area contributed by atoms with Gasteiger partial charge in [0.05, 0.1) is 17.3 Å². The second-order valence-corrected chi connectivity index (χ2v) is 10.1. The molecule has 0 radical (unpaired) electrons. The molecule has 0 saturated heterocycles. The van der Waals surface area contributed by atoms with Crippen molar-refractivity contribution in [1.29, 1.82) is 0 Å². The van der Waals surface area contributed by atoms with E-state index in [9.17, 15) is 4.79 Å². The van der Waals surface area contributed by atoms with Crippen LogP contribution >= 0.6 is 35.0 Å². The number of anilines is 1. The largest absolute Gasteiger partial charge is 0.382 e. The predicted molar refractivity (Wildman–Crippen MR) is 146 cm³/mol. The zero-order valence-electron chi connectivity index (χ0n) is 19.0. The maximum absolute atomic E-state index is 12.9. The van der Waals surface area contributed by atoms with Crippen LogP contribution in [0.25, 0.3) is 22.2 Å². The molecular formula is C26H22Cl2N6OS. The summed E-state index contributed by atoms with van der Waals surface area (Å²) in [5, 5.41) is 11.9. The van der Waals surface area contributed by atoms with Crippen molar-refractivity contribution in [2.75, 3.05) is 11.5 Å². The molecule has 2 aromatic heterocycles. The van der Waals surface area contributed by atoms with Gasteiger partial charge in [-0.1, -0.05) is 65.7 Å². The number of H-pyrrole nitrogens is 2. The number of halogens is 2. The highest BCUT2D eigenvalue weighted by atomic mass is 35.5. The number of fused-ring (bicyclic) bond motifs is 1. The van der Waals surface area contributed by atoms with Crippen LogP contribution < -0.4 is 11.1 Å². The maximum Gasteiger partial charge on any atom is 0.230 e. The molecule has 0 bridgehead atoms. The van der Waals surface area contributed by atoms with Crippen molar-refractivity contribution in [2.24, 2.45) is 0 Å². The molecule has 2 heterocycles. The molecule has 0 fully saturated rings. The first kappa shape index (κ1) is 24.2. The molecule has 0 aliphatic carbocycles. The van der Waals surface area contributed by atoms with E-state index in [1.807, 2.05) is 66.7 Å². The number of aromatic amines is 2. The molecule has 5 N–H and O–H groups in total. The molecule has 0 unspecified atom stereocenters. The number of nitrogen functional groups attached to an aromatic ring is 1. The lowest BCUT2D eigenvalue weighted by Gasteiger charge is -2.17. The van der Waals surface area contributed by atoms with Crippen LogP contribution in [0.15, 0.2) is 77.7 Å². The van der Waals surface area contributed by atoms with Crippen LogP contribution in [0.5, 0.6) is 0 Å². The van der Waals surface area contributed by atoms with Crippen molar-refractivity contribution in [3.05, 3.63) is 94.4 Å². The number of thioether (sulfide) groups is 1. The Bertz CT molecular complexity index is 1520. The second-order valence-electron chi connectivity index (χ2n) is 8.21. The Kier molecular flexibility index (Phi) is 7.18. The summed E-state index contributed by atoms with van der Waals surface area (Å²) in [4.78, 5) is 21.8. The van der Waals surface area contributed by atoms with Crippen molar-refractivity contribution in [2.45, 2.75) is 17.4 Å². The van der Waals surface area contributed by atoms with E-state index in [0.717, 1.165) is 26.9 Å². The monoisotopic (exact) mass is 536 g/mol. The van der Waals surface area contributed by atoms with E-state index in [1.165, 1.54) is 11.8 Å². The minimum atomic E-state index is -0.405. The number of rotatable bonds is 8. The number of amides is 1. The lowest BCUT2D eigenvalue weighted by molar-refractivity contribution is -0.119. The van der Waals surface area contributed by atoms with Gasteiger partial charge in [0.1, 0.15) is 16.7 Å². The van der Waals surface area contributed by atoms with Gasteiger partial charge in [-0.3, -0.25) is 9.89 Å².